The van der Waals surface area contributed by atoms with Gasteiger partial charge in [0.15, 0.2) is 0 Å². The predicted octanol–water partition coefficient (Wildman–Crippen LogP) is 1.09. The number of carbonyl (C=O) groups is 1. The van der Waals surface area contributed by atoms with E-state index >= 15 is 0 Å². The van der Waals surface area contributed by atoms with E-state index in [1.54, 1.807) is 11.3 Å². The van der Waals surface area contributed by atoms with Gasteiger partial charge in [-0.25, -0.2) is 0 Å². The summed E-state index contributed by atoms with van der Waals surface area (Å²) in [5.74, 6) is -0.924. The zero-order valence-electron chi connectivity index (χ0n) is 6.56. The van der Waals surface area contributed by atoms with Gasteiger partial charge in [0.2, 0.25) is 0 Å². The lowest BCUT2D eigenvalue weighted by Crippen LogP contribution is -2.30. The minimum absolute atomic E-state index is 0.510. The van der Waals surface area contributed by atoms with Gasteiger partial charge in [0.1, 0.15) is 6.04 Å². The minimum Gasteiger partial charge on any atom is -0.480 e. The number of hydrogen-bond acceptors (Lipinski definition) is 3. The smallest absolute Gasteiger partial charge is 0.320 e. The molecule has 0 radical (unpaired) electrons. The average Bonchev–Trinajstić information content (AvgIpc) is 2.51. The Morgan fingerprint density at radius 3 is 3.00 bits per heavy atom. The SMILES string of the molecule is N[C@@H](CCc1cccs1)C(=O)O. The lowest BCUT2D eigenvalue weighted by molar-refractivity contribution is -0.138. The van der Waals surface area contributed by atoms with Gasteiger partial charge in [-0.1, -0.05) is 6.07 Å². The van der Waals surface area contributed by atoms with E-state index in [-0.39, 0.29) is 0 Å². The molecule has 66 valence electrons. The van der Waals surface area contributed by atoms with Crippen molar-refractivity contribution in [2.24, 2.45) is 5.73 Å². The van der Waals surface area contributed by atoms with Crippen LogP contribution in [0.4, 0.5) is 0 Å². The summed E-state index contributed by atoms with van der Waals surface area (Å²) in [7, 11) is 0. The molecule has 12 heavy (non-hydrogen) atoms. The van der Waals surface area contributed by atoms with Crippen molar-refractivity contribution in [1.29, 1.82) is 0 Å². The molecule has 0 amide bonds. The Morgan fingerprint density at radius 1 is 1.75 bits per heavy atom. The van der Waals surface area contributed by atoms with Gasteiger partial charge >= 0.3 is 5.97 Å². The fraction of sp³-hybridized carbons (Fsp3) is 0.375. The molecule has 1 atom stereocenters. The van der Waals surface area contributed by atoms with Crippen LogP contribution in [0, 0.1) is 0 Å². The lowest BCUT2D eigenvalue weighted by Gasteiger charge is -2.03. The second-order valence-corrected chi connectivity index (χ2v) is 3.60. The van der Waals surface area contributed by atoms with Crippen LogP contribution in [0.3, 0.4) is 0 Å². The van der Waals surface area contributed by atoms with Gasteiger partial charge < -0.3 is 10.8 Å². The standard InChI is InChI=1S/C8H11NO2S/c9-7(8(10)11)4-3-6-2-1-5-12-6/h1-2,5,7H,3-4,9H2,(H,10,11)/t7-/m0/s1. The maximum absolute atomic E-state index is 10.3. The number of carboxylic acid groups (broad SMARTS) is 1. The molecule has 0 unspecified atom stereocenters. The van der Waals surface area contributed by atoms with Gasteiger partial charge in [0.25, 0.3) is 0 Å². The van der Waals surface area contributed by atoms with E-state index in [0.717, 1.165) is 6.42 Å². The molecule has 3 N–H and O–H groups in total. The summed E-state index contributed by atoms with van der Waals surface area (Å²) in [4.78, 5) is 11.5. The quantitative estimate of drug-likeness (QED) is 0.738. The second kappa shape index (κ2) is 4.23. The fourth-order valence-electron chi connectivity index (χ4n) is 0.876. The predicted molar refractivity (Wildman–Crippen MR) is 48.3 cm³/mol. The summed E-state index contributed by atoms with van der Waals surface area (Å²) in [6, 6.07) is 3.21. The highest BCUT2D eigenvalue weighted by molar-refractivity contribution is 7.09. The lowest BCUT2D eigenvalue weighted by atomic mass is 10.1. The van der Waals surface area contributed by atoms with Crippen LogP contribution < -0.4 is 5.73 Å². The highest BCUT2D eigenvalue weighted by Gasteiger charge is 2.10. The van der Waals surface area contributed by atoms with Crippen molar-refractivity contribution in [3.8, 4) is 0 Å². The molecule has 0 bridgehead atoms. The normalized spacial score (nSPS) is 12.8. The summed E-state index contributed by atoms with van der Waals surface area (Å²) in [5, 5.41) is 10.5. The third-order valence-electron chi connectivity index (χ3n) is 1.60. The first-order chi connectivity index (χ1) is 5.70. The number of nitrogens with two attached hydrogens (primary N) is 1. The Labute approximate surface area is 74.8 Å². The summed E-state index contributed by atoms with van der Waals surface area (Å²) in [5.41, 5.74) is 5.34. The van der Waals surface area contributed by atoms with Crippen molar-refractivity contribution >= 4 is 17.3 Å². The van der Waals surface area contributed by atoms with E-state index < -0.39 is 12.0 Å². The number of carboxylic acids is 1. The molecule has 1 aromatic rings. The van der Waals surface area contributed by atoms with Crippen LogP contribution in [0.2, 0.25) is 0 Å². The molecule has 0 saturated heterocycles. The Hall–Kier alpha value is -0.870. The van der Waals surface area contributed by atoms with Crippen molar-refractivity contribution in [2.75, 3.05) is 0 Å². The molecule has 0 aromatic carbocycles. The zero-order valence-corrected chi connectivity index (χ0v) is 7.38. The van der Waals surface area contributed by atoms with Crippen LogP contribution in [-0.2, 0) is 11.2 Å². The van der Waals surface area contributed by atoms with E-state index in [1.807, 2.05) is 17.5 Å². The van der Waals surface area contributed by atoms with Crippen molar-refractivity contribution in [2.45, 2.75) is 18.9 Å². The van der Waals surface area contributed by atoms with Gasteiger partial charge in [-0.15, -0.1) is 11.3 Å². The Balaban J connectivity index is 2.31. The Morgan fingerprint density at radius 2 is 2.50 bits per heavy atom. The summed E-state index contributed by atoms with van der Waals surface area (Å²) < 4.78 is 0. The van der Waals surface area contributed by atoms with Crippen molar-refractivity contribution in [3.05, 3.63) is 22.4 Å². The molecule has 3 nitrogen and oxygen atoms in total. The maximum Gasteiger partial charge on any atom is 0.320 e. The van der Waals surface area contributed by atoms with Crippen LogP contribution in [0.25, 0.3) is 0 Å². The third kappa shape index (κ3) is 2.64. The molecule has 0 aliphatic rings. The largest absolute Gasteiger partial charge is 0.480 e. The summed E-state index contributed by atoms with van der Waals surface area (Å²) >= 11 is 1.63. The molecule has 1 heterocycles. The number of aliphatic carboxylic acids is 1. The zero-order chi connectivity index (χ0) is 8.97. The Bertz CT molecular complexity index is 246. The number of hydrogen-bond donors (Lipinski definition) is 2. The van der Waals surface area contributed by atoms with Gasteiger partial charge in [-0.2, -0.15) is 0 Å². The number of rotatable bonds is 4. The monoisotopic (exact) mass is 185 g/mol. The van der Waals surface area contributed by atoms with Crippen molar-refractivity contribution in [1.82, 2.24) is 0 Å². The topological polar surface area (TPSA) is 63.3 Å². The molecule has 4 heteroatoms. The van der Waals surface area contributed by atoms with Gasteiger partial charge in [-0.05, 0) is 24.3 Å². The van der Waals surface area contributed by atoms with Crippen LogP contribution >= 0.6 is 11.3 Å². The summed E-state index contributed by atoms with van der Waals surface area (Å²) in [6.45, 7) is 0. The van der Waals surface area contributed by atoms with Crippen molar-refractivity contribution in [3.63, 3.8) is 0 Å². The van der Waals surface area contributed by atoms with Crippen LogP contribution in [0.1, 0.15) is 11.3 Å². The molecular formula is C8H11NO2S. The minimum atomic E-state index is -0.924. The molecule has 1 rings (SSSR count). The van der Waals surface area contributed by atoms with E-state index in [0.29, 0.717) is 6.42 Å². The molecule has 0 aliphatic carbocycles. The van der Waals surface area contributed by atoms with E-state index in [9.17, 15) is 4.79 Å². The molecule has 0 fully saturated rings. The van der Waals surface area contributed by atoms with Gasteiger partial charge in [0.05, 0.1) is 0 Å². The second-order valence-electron chi connectivity index (χ2n) is 2.56. The first-order valence-corrected chi connectivity index (χ1v) is 4.59. The number of aryl methyl sites for hydroxylation is 1. The molecule has 0 saturated carbocycles. The van der Waals surface area contributed by atoms with Gasteiger partial charge in [-0.3, -0.25) is 4.79 Å². The average molecular weight is 185 g/mol. The van der Waals surface area contributed by atoms with E-state index in [2.05, 4.69) is 0 Å². The van der Waals surface area contributed by atoms with Crippen molar-refractivity contribution < 1.29 is 9.90 Å². The molecular weight excluding hydrogens is 174 g/mol. The maximum atomic E-state index is 10.3. The van der Waals surface area contributed by atoms with Crippen LogP contribution in [-0.4, -0.2) is 17.1 Å². The molecule has 1 aromatic heterocycles. The summed E-state index contributed by atoms with van der Waals surface area (Å²) in [6.07, 6.45) is 1.26. The molecule has 0 spiro atoms. The highest BCUT2D eigenvalue weighted by Crippen LogP contribution is 2.11. The molecule has 0 aliphatic heterocycles. The van der Waals surface area contributed by atoms with E-state index in [1.165, 1.54) is 4.88 Å². The highest BCUT2D eigenvalue weighted by atomic mass is 32.1. The third-order valence-corrected chi connectivity index (χ3v) is 2.54. The Kier molecular flexibility index (Phi) is 3.25. The first-order valence-electron chi connectivity index (χ1n) is 3.71. The number of thiophene rings is 1. The fourth-order valence-corrected chi connectivity index (χ4v) is 1.60. The van der Waals surface area contributed by atoms with Crippen LogP contribution in [0.15, 0.2) is 17.5 Å². The van der Waals surface area contributed by atoms with Crippen LogP contribution in [0.5, 0.6) is 0 Å². The first kappa shape index (κ1) is 9.22. The van der Waals surface area contributed by atoms with Gasteiger partial charge in [0, 0.05) is 4.88 Å². The van der Waals surface area contributed by atoms with E-state index in [4.69, 9.17) is 10.8 Å².